The Morgan fingerprint density at radius 2 is 2.36 bits per heavy atom. The van der Waals surface area contributed by atoms with Crippen LogP contribution in [0.4, 0.5) is 0 Å². The molecule has 0 saturated carbocycles. The van der Waals surface area contributed by atoms with E-state index >= 15 is 0 Å². The van der Waals surface area contributed by atoms with Crippen molar-refractivity contribution in [3.63, 3.8) is 0 Å². The van der Waals surface area contributed by atoms with Crippen molar-refractivity contribution in [1.29, 1.82) is 0 Å². The van der Waals surface area contributed by atoms with Gasteiger partial charge in [-0.15, -0.1) is 6.58 Å². The van der Waals surface area contributed by atoms with E-state index in [9.17, 15) is 0 Å². The van der Waals surface area contributed by atoms with Crippen LogP contribution in [0.3, 0.4) is 0 Å². The van der Waals surface area contributed by atoms with Crippen molar-refractivity contribution in [2.24, 2.45) is 5.73 Å². The number of nitrogens with two attached hydrogens (primary N) is 1. The number of hydrogen-bond donors (Lipinski definition) is 1. The Morgan fingerprint density at radius 3 is 2.82 bits per heavy atom. The summed E-state index contributed by atoms with van der Waals surface area (Å²) in [5.41, 5.74) is 6.92. The molecule has 2 heteroatoms. The Balaban J connectivity index is 3.54. The van der Waals surface area contributed by atoms with Crippen LogP contribution in [-0.4, -0.2) is 18.1 Å². The molecule has 0 aliphatic rings. The van der Waals surface area contributed by atoms with Gasteiger partial charge in [0.1, 0.15) is 0 Å². The van der Waals surface area contributed by atoms with Gasteiger partial charge in [0.15, 0.2) is 0 Å². The highest BCUT2D eigenvalue weighted by atomic mass is 32.2. The molecule has 0 fully saturated rings. The van der Waals surface area contributed by atoms with Gasteiger partial charge in [0, 0.05) is 6.04 Å². The van der Waals surface area contributed by atoms with Crippen LogP contribution in [0.5, 0.6) is 0 Å². The molecule has 2 N–H and O–H groups in total. The molecule has 11 heavy (non-hydrogen) atoms. The van der Waals surface area contributed by atoms with Crippen LogP contribution in [0.2, 0.25) is 0 Å². The lowest BCUT2D eigenvalue weighted by Gasteiger charge is -2.11. The maximum Gasteiger partial charge on any atom is 0.0261 e. The van der Waals surface area contributed by atoms with Crippen LogP contribution in [-0.2, 0) is 0 Å². The molecule has 0 aromatic rings. The normalized spacial score (nSPS) is 12.5. The molecule has 0 saturated heterocycles. The van der Waals surface area contributed by atoms with E-state index in [1.54, 1.807) is 0 Å². The van der Waals surface area contributed by atoms with Crippen LogP contribution in [0.15, 0.2) is 24.8 Å². The van der Waals surface area contributed by atoms with Crippen LogP contribution < -0.4 is 5.73 Å². The van der Waals surface area contributed by atoms with Crippen molar-refractivity contribution in [2.75, 3.05) is 12.0 Å². The highest BCUT2D eigenvalue weighted by Crippen LogP contribution is 2.09. The van der Waals surface area contributed by atoms with Crippen molar-refractivity contribution < 1.29 is 0 Å². The van der Waals surface area contributed by atoms with Gasteiger partial charge in [-0.25, -0.2) is 0 Å². The zero-order valence-corrected chi connectivity index (χ0v) is 7.99. The third-order valence-electron chi connectivity index (χ3n) is 1.56. The van der Waals surface area contributed by atoms with Gasteiger partial charge in [0.05, 0.1) is 0 Å². The maximum absolute atomic E-state index is 5.83. The van der Waals surface area contributed by atoms with Gasteiger partial charge in [0.25, 0.3) is 0 Å². The summed E-state index contributed by atoms with van der Waals surface area (Å²) in [6, 6.07) is 0.153. The molecular formula is C9H17NS. The first-order valence-electron chi connectivity index (χ1n) is 3.75. The quantitative estimate of drug-likeness (QED) is 0.620. The van der Waals surface area contributed by atoms with Crippen molar-refractivity contribution in [3.05, 3.63) is 24.8 Å². The fourth-order valence-electron chi connectivity index (χ4n) is 0.786. The Morgan fingerprint density at radius 1 is 1.73 bits per heavy atom. The first-order chi connectivity index (χ1) is 5.22. The SMILES string of the molecule is C=CCC(=C)[C@@H](N)CCSC. The average molecular weight is 171 g/mol. The van der Waals surface area contributed by atoms with Crippen LogP contribution in [0, 0.1) is 0 Å². The predicted octanol–water partition coefficient (Wildman–Crippen LogP) is 2.20. The second kappa shape index (κ2) is 6.50. The third-order valence-corrected chi connectivity index (χ3v) is 2.21. The highest BCUT2D eigenvalue weighted by Gasteiger charge is 2.03. The topological polar surface area (TPSA) is 26.0 Å². The molecule has 0 aromatic heterocycles. The fraction of sp³-hybridized carbons (Fsp3) is 0.556. The molecule has 1 nitrogen and oxygen atoms in total. The lowest BCUT2D eigenvalue weighted by Crippen LogP contribution is -2.22. The first-order valence-corrected chi connectivity index (χ1v) is 5.14. The largest absolute Gasteiger partial charge is 0.324 e. The monoisotopic (exact) mass is 171 g/mol. The van der Waals surface area contributed by atoms with E-state index in [4.69, 9.17) is 5.73 Å². The van der Waals surface area contributed by atoms with Crippen LogP contribution in [0.1, 0.15) is 12.8 Å². The molecule has 0 rings (SSSR count). The van der Waals surface area contributed by atoms with E-state index < -0.39 is 0 Å². The summed E-state index contributed by atoms with van der Waals surface area (Å²) in [4.78, 5) is 0. The lowest BCUT2D eigenvalue weighted by atomic mass is 10.0. The van der Waals surface area contributed by atoms with Crippen molar-refractivity contribution in [3.8, 4) is 0 Å². The Kier molecular flexibility index (Phi) is 6.37. The molecule has 64 valence electrons. The Bertz CT molecular complexity index is 132. The van der Waals surface area contributed by atoms with Gasteiger partial charge in [-0.05, 0) is 24.9 Å². The molecule has 0 amide bonds. The van der Waals surface area contributed by atoms with E-state index in [1.165, 1.54) is 0 Å². The van der Waals surface area contributed by atoms with E-state index in [1.807, 2.05) is 17.8 Å². The van der Waals surface area contributed by atoms with E-state index in [2.05, 4.69) is 19.4 Å². The molecule has 0 heterocycles. The molecule has 0 aliphatic carbocycles. The number of thioether (sulfide) groups is 1. The summed E-state index contributed by atoms with van der Waals surface area (Å²) < 4.78 is 0. The minimum Gasteiger partial charge on any atom is -0.324 e. The van der Waals surface area contributed by atoms with Gasteiger partial charge in [-0.3, -0.25) is 0 Å². The lowest BCUT2D eigenvalue weighted by molar-refractivity contribution is 0.734. The zero-order valence-electron chi connectivity index (χ0n) is 7.18. The van der Waals surface area contributed by atoms with Gasteiger partial charge >= 0.3 is 0 Å². The van der Waals surface area contributed by atoms with Crippen LogP contribution >= 0.6 is 11.8 Å². The van der Waals surface area contributed by atoms with E-state index in [0.29, 0.717) is 0 Å². The van der Waals surface area contributed by atoms with Crippen molar-refractivity contribution in [2.45, 2.75) is 18.9 Å². The summed E-state index contributed by atoms with van der Waals surface area (Å²) in [7, 11) is 0. The molecule has 0 radical (unpaired) electrons. The predicted molar refractivity (Wildman–Crippen MR) is 54.9 cm³/mol. The second-order valence-corrected chi connectivity index (χ2v) is 3.52. The van der Waals surface area contributed by atoms with Crippen molar-refractivity contribution >= 4 is 11.8 Å². The summed E-state index contributed by atoms with van der Waals surface area (Å²) in [5.74, 6) is 1.11. The van der Waals surface area contributed by atoms with Gasteiger partial charge < -0.3 is 5.73 Å². The van der Waals surface area contributed by atoms with Crippen molar-refractivity contribution in [1.82, 2.24) is 0 Å². The first kappa shape index (κ1) is 10.8. The molecule has 0 aliphatic heterocycles. The number of allylic oxidation sites excluding steroid dienone is 1. The second-order valence-electron chi connectivity index (χ2n) is 2.54. The minimum absolute atomic E-state index is 0.153. The van der Waals surface area contributed by atoms with Gasteiger partial charge in [-0.1, -0.05) is 18.2 Å². The molecule has 0 spiro atoms. The van der Waals surface area contributed by atoms with Gasteiger partial charge in [0.2, 0.25) is 0 Å². The molecule has 1 atom stereocenters. The van der Waals surface area contributed by atoms with Crippen LogP contribution in [0.25, 0.3) is 0 Å². The average Bonchev–Trinajstić information content (AvgIpc) is 2.00. The Hall–Kier alpha value is -0.210. The van der Waals surface area contributed by atoms with Gasteiger partial charge in [-0.2, -0.15) is 11.8 Å². The number of hydrogen-bond acceptors (Lipinski definition) is 2. The Labute approximate surface area is 73.7 Å². The summed E-state index contributed by atoms with van der Waals surface area (Å²) in [5, 5.41) is 0. The fourth-order valence-corrected chi connectivity index (χ4v) is 1.28. The molecular weight excluding hydrogens is 154 g/mol. The highest BCUT2D eigenvalue weighted by molar-refractivity contribution is 7.98. The summed E-state index contributed by atoms with van der Waals surface area (Å²) in [6.07, 6.45) is 5.80. The molecule has 0 bridgehead atoms. The molecule has 0 aromatic carbocycles. The van der Waals surface area contributed by atoms with E-state index in [-0.39, 0.29) is 6.04 Å². The minimum atomic E-state index is 0.153. The van der Waals surface area contributed by atoms with E-state index in [0.717, 1.165) is 24.2 Å². The standard InChI is InChI=1S/C9H17NS/c1-4-5-8(2)9(10)6-7-11-3/h4,9H,1-2,5-7,10H2,3H3/t9-/m0/s1. The third kappa shape index (κ3) is 5.10. The summed E-state index contributed by atoms with van der Waals surface area (Å²) >= 11 is 1.82. The zero-order chi connectivity index (χ0) is 8.69. The molecule has 0 unspecified atom stereocenters. The number of rotatable bonds is 6. The smallest absolute Gasteiger partial charge is 0.0261 e. The maximum atomic E-state index is 5.83. The summed E-state index contributed by atoms with van der Waals surface area (Å²) in [6.45, 7) is 7.53.